The highest BCUT2D eigenvalue weighted by atomic mass is 15.1. The molecule has 6 aromatic rings. The minimum absolute atomic E-state index is 0.374. The number of nitrogens with zero attached hydrogens (tertiary/aromatic N) is 1. The van der Waals surface area contributed by atoms with E-state index in [9.17, 15) is 0 Å². The largest absolute Gasteiger partial charge is 0.377 e. The molecule has 0 amide bonds. The monoisotopic (exact) mass is 746 g/mol. The normalized spacial score (nSPS) is 13.6. The van der Waals surface area contributed by atoms with Gasteiger partial charge in [-0.3, -0.25) is 0 Å². The number of nitrogens with one attached hydrogen (secondary N) is 1. The van der Waals surface area contributed by atoms with Gasteiger partial charge in [-0.1, -0.05) is 171 Å². The van der Waals surface area contributed by atoms with Crippen molar-refractivity contribution in [3.8, 4) is 22.3 Å². The molecule has 0 aliphatic rings. The van der Waals surface area contributed by atoms with Crippen LogP contribution in [0.5, 0.6) is 0 Å². The van der Waals surface area contributed by atoms with Crippen LogP contribution in [-0.4, -0.2) is 19.0 Å². The molecule has 0 saturated carbocycles. The van der Waals surface area contributed by atoms with E-state index in [0.717, 1.165) is 18.5 Å². The Labute approximate surface area is 342 Å². The average molecular weight is 747 g/mol. The van der Waals surface area contributed by atoms with Gasteiger partial charge in [0.05, 0.1) is 0 Å². The molecule has 0 bridgehead atoms. The Balaban J connectivity index is 1.37. The predicted molar refractivity (Wildman–Crippen MR) is 248 cm³/mol. The Morgan fingerprint density at radius 2 is 1.25 bits per heavy atom. The van der Waals surface area contributed by atoms with Crippen molar-refractivity contribution in [2.75, 3.05) is 19.4 Å². The Hall–Kier alpha value is -6.12. The van der Waals surface area contributed by atoms with E-state index in [4.69, 9.17) is 0 Å². The maximum Gasteiger partial charge on any atom is 0.0406 e. The van der Waals surface area contributed by atoms with Crippen LogP contribution < -0.4 is 5.32 Å². The van der Waals surface area contributed by atoms with Crippen LogP contribution in [0.3, 0.4) is 0 Å². The van der Waals surface area contributed by atoms with Gasteiger partial charge in [0.25, 0.3) is 0 Å². The molecule has 6 rings (SSSR count). The minimum atomic E-state index is -0.374. The maximum atomic E-state index is 3.89. The first-order chi connectivity index (χ1) is 27.6. The molecule has 0 heterocycles. The van der Waals surface area contributed by atoms with Crippen LogP contribution in [0, 0.1) is 13.8 Å². The van der Waals surface area contributed by atoms with Crippen LogP contribution in [0.15, 0.2) is 187 Å². The summed E-state index contributed by atoms with van der Waals surface area (Å²) in [5.41, 5.74) is 18.1. The molecule has 1 atom stereocenters. The lowest BCUT2D eigenvalue weighted by Gasteiger charge is -2.31. The van der Waals surface area contributed by atoms with Crippen molar-refractivity contribution in [1.82, 2.24) is 4.90 Å². The van der Waals surface area contributed by atoms with E-state index in [-0.39, 0.29) is 5.41 Å². The standard InChI is InChI=1S/C55H58N2/c1-9-11-21-41(4)54(45-28-33-48(34-29-45)55(6,47-25-16-13-17-26-47)39-53(57(7)8)44-23-14-12-15-24-44)52(20-10-2)56-49-35-30-43(31-36-49)46-32-37-51(42(5)38-46)50-27-19-18-22-40(50)3/h9,11-19,21-39,56H,10,20H2,1-8H3/b11-9-,41-21+,53-39-,54-52+. The van der Waals surface area contributed by atoms with Gasteiger partial charge in [-0.15, -0.1) is 0 Å². The van der Waals surface area contributed by atoms with E-state index in [0.29, 0.717) is 0 Å². The molecular weight excluding hydrogens is 689 g/mol. The first kappa shape index (κ1) is 40.5. The summed E-state index contributed by atoms with van der Waals surface area (Å²) in [6, 6.07) is 55.2. The van der Waals surface area contributed by atoms with E-state index in [1.54, 1.807) is 0 Å². The second-order valence-electron chi connectivity index (χ2n) is 15.5. The second-order valence-corrected chi connectivity index (χ2v) is 15.5. The highest BCUT2D eigenvalue weighted by Gasteiger charge is 2.28. The number of anilines is 1. The lowest BCUT2D eigenvalue weighted by atomic mass is 9.74. The molecule has 0 radical (unpaired) electrons. The zero-order valence-electron chi connectivity index (χ0n) is 35.1. The highest BCUT2D eigenvalue weighted by molar-refractivity contribution is 5.84. The predicted octanol–water partition coefficient (Wildman–Crippen LogP) is 14.7. The Morgan fingerprint density at radius 1 is 0.649 bits per heavy atom. The smallest absolute Gasteiger partial charge is 0.0406 e. The fourth-order valence-electron chi connectivity index (χ4n) is 7.86. The topological polar surface area (TPSA) is 15.3 Å². The Bertz CT molecular complexity index is 2370. The van der Waals surface area contributed by atoms with Crippen LogP contribution in [0.2, 0.25) is 0 Å². The van der Waals surface area contributed by atoms with E-state index in [2.05, 4.69) is 242 Å². The molecule has 0 aromatic heterocycles. The minimum Gasteiger partial charge on any atom is -0.377 e. The average Bonchev–Trinajstić information content (AvgIpc) is 3.23. The SMILES string of the molecule is C\C=C/C=C(C)/C(=C(/CCC)Nc1ccc(-c2ccc(-c3ccccc3C)c(C)c2)cc1)c1ccc(C(C)(/C=C(/c2ccccc2)N(C)C)c2ccccc2)cc1. The quantitative estimate of drug-likeness (QED) is 0.112. The molecule has 1 N–H and O–H groups in total. The van der Waals surface area contributed by atoms with E-state index in [1.807, 2.05) is 0 Å². The van der Waals surface area contributed by atoms with Crippen LogP contribution in [0.4, 0.5) is 5.69 Å². The molecule has 288 valence electrons. The molecular formula is C55H58N2. The Kier molecular flexibility index (Phi) is 13.3. The lowest BCUT2D eigenvalue weighted by molar-refractivity contribution is 0.580. The van der Waals surface area contributed by atoms with Crippen molar-refractivity contribution < 1.29 is 0 Å². The molecule has 2 nitrogen and oxygen atoms in total. The van der Waals surface area contributed by atoms with E-state index in [1.165, 1.54) is 78.2 Å². The zero-order chi connectivity index (χ0) is 40.4. The molecule has 1 unspecified atom stereocenters. The molecule has 0 fully saturated rings. The van der Waals surface area contributed by atoms with Crippen molar-refractivity contribution >= 4 is 17.0 Å². The summed E-state index contributed by atoms with van der Waals surface area (Å²) in [6.07, 6.45) is 10.8. The van der Waals surface area contributed by atoms with Gasteiger partial charge >= 0.3 is 0 Å². The van der Waals surface area contributed by atoms with Crippen LogP contribution in [-0.2, 0) is 5.41 Å². The van der Waals surface area contributed by atoms with Crippen LogP contribution >= 0.6 is 0 Å². The van der Waals surface area contributed by atoms with Gasteiger partial charge in [-0.05, 0) is 120 Å². The van der Waals surface area contributed by atoms with Gasteiger partial charge in [-0.2, -0.15) is 0 Å². The first-order valence-electron chi connectivity index (χ1n) is 20.3. The summed E-state index contributed by atoms with van der Waals surface area (Å²) >= 11 is 0. The molecule has 6 aromatic carbocycles. The molecule has 0 saturated heterocycles. The fraction of sp³-hybridized carbons (Fsp3) is 0.200. The third-order valence-corrected chi connectivity index (χ3v) is 11.0. The van der Waals surface area contributed by atoms with Crippen molar-refractivity contribution in [2.24, 2.45) is 0 Å². The fourth-order valence-corrected chi connectivity index (χ4v) is 7.86. The highest BCUT2D eigenvalue weighted by Crippen LogP contribution is 2.39. The third kappa shape index (κ3) is 9.47. The van der Waals surface area contributed by atoms with Crippen LogP contribution in [0.1, 0.15) is 73.9 Å². The molecule has 0 aliphatic heterocycles. The summed E-state index contributed by atoms with van der Waals surface area (Å²) < 4.78 is 0. The van der Waals surface area contributed by atoms with Gasteiger partial charge in [0.1, 0.15) is 0 Å². The maximum absolute atomic E-state index is 3.89. The lowest BCUT2D eigenvalue weighted by Crippen LogP contribution is -2.24. The summed E-state index contributed by atoms with van der Waals surface area (Å²) in [5, 5.41) is 3.89. The molecule has 2 heteroatoms. The van der Waals surface area contributed by atoms with Crippen molar-refractivity contribution in [1.29, 1.82) is 0 Å². The first-order valence-corrected chi connectivity index (χ1v) is 20.3. The number of hydrogen-bond acceptors (Lipinski definition) is 2. The van der Waals surface area contributed by atoms with Crippen LogP contribution in [0.25, 0.3) is 33.5 Å². The summed E-state index contributed by atoms with van der Waals surface area (Å²) in [6.45, 7) is 13.3. The van der Waals surface area contributed by atoms with Gasteiger partial charge in [-0.25, -0.2) is 0 Å². The van der Waals surface area contributed by atoms with E-state index < -0.39 is 0 Å². The Morgan fingerprint density at radius 3 is 1.86 bits per heavy atom. The number of aryl methyl sites for hydroxylation is 2. The summed E-state index contributed by atoms with van der Waals surface area (Å²) in [7, 11) is 4.26. The van der Waals surface area contributed by atoms with Gasteiger partial charge in [0.2, 0.25) is 0 Å². The summed E-state index contributed by atoms with van der Waals surface area (Å²) in [5.74, 6) is 0. The number of hydrogen-bond donors (Lipinski definition) is 1. The van der Waals surface area contributed by atoms with Crippen molar-refractivity contribution in [3.05, 3.63) is 221 Å². The van der Waals surface area contributed by atoms with Gasteiger partial charge in [0, 0.05) is 42.2 Å². The number of rotatable bonds is 14. The van der Waals surface area contributed by atoms with Crippen molar-refractivity contribution in [3.63, 3.8) is 0 Å². The second kappa shape index (κ2) is 18.7. The molecule has 0 spiro atoms. The molecule has 0 aliphatic carbocycles. The van der Waals surface area contributed by atoms with Gasteiger partial charge < -0.3 is 10.2 Å². The number of benzene rings is 6. The van der Waals surface area contributed by atoms with Crippen molar-refractivity contribution in [2.45, 2.75) is 59.8 Å². The number of allylic oxidation sites excluding steroid dienone is 7. The molecule has 57 heavy (non-hydrogen) atoms. The third-order valence-electron chi connectivity index (χ3n) is 11.0. The zero-order valence-corrected chi connectivity index (χ0v) is 35.1. The van der Waals surface area contributed by atoms with Gasteiger partial charge in [0.15, 0.2) is 0 Å². The summed E-state index contributed by atoms with van der Waals surface area (Å²) in [4.78, 5) is 2.22. The van der Waals surface area contributed by atoms with E-state index >= 15 is 0 Å².